The van der Waals surface area contributed by atoms with Gasteiger partial charge in [-0.05, 0) is 73.6 Å². The molecule has 0 spiro atoms. The third-order valence-corrected chi connectivity index (χ3v) is 10.8. The van der Waals surface area contributed by atoms with Crippen molar-refractivity contribution in [2.75, 3.05) is 18.3 Å². The number of hydrogen-bond donors (Lipinski definition) is 4. The highest BCUT2D eigenvalue weighted by Crippen LogP contribution is 2.38. The first-order valence-electron chi connectivity index (χ1n) is 16.3. The number of esters is 1. The number of aliphatic carboxylic acids is 1. The summed E-state index contributed by atoms with van der Waals surface area (Å²) in [6.07, 6.45) is 1.44. The Balaban J connectivity index is 1.62. The second kappa shape index (κ2) is 17.9. The Hall–Kier alpha value is -4.51. The molecule has 0 fully saturated rings. The van der Waals surface area contributed by atoms with Gasteiger partial charge in [0.2, 0.25) is 11.4 Å². The number of carbonyl (C=O) groups excluding carboxylic acids is 3. The molecule has 4 aromatic rings. The van der Waals surface area contributed by atoms with E-state index in [0.717, 1.165) is 22.7 Å². The van der Waals surface area contributed by atoms with Gasteiger partial charge in [0.25, 0.3) is 5.03 Å². The third-order valence-electron chi connectivity index (χ3n) is 8.28. The summed E-state index contributed by atoms with van der Waals surface area (Å²) in [6.45, 7) is 3.70. The van der Waals surface area contributed by atoms with Crippen molar-refractivity contribution in [2.45, 2.75) is 55.9 Å². The number of nitrogens with one attached hydrogen (secondary N) is 2. The van der Waals surface area contributed by atoms with E-state index in [1.165, 1.54) is 31.4 Å². The summed E-state index contributed by atoms with van der Waals surface area (Å²) in [5.41, 5.74) is 5.14. The molecule has 4 rings (SSSR count). The van der Waals surface area contributed by atoms with E-state index in [1.54, 1.807) is 10.7 Å². The van der Waals surface area contributed by atoms with Crippen LogP contribution in [0.15, 0.2) is 96.0 Å². The highest BCUT2D eigenvalue weighted by Gasteiger charge is 2.42. The predicted octanol–water partition coefficient (Wildman–Crippen LogP) is 5.09. The lowest BCUT2D eigenvalue weighted by Gasteiger charge is -2.32. The molecule has 3 aromatic carbocycles. The molecule has 50 heavy (non-hydrogen) atoms. The Bertz CT molecular complexity index is 1820. The van der Waals surface area contributed by atoms with Gasteiger partial charge in [-0.1, -0.05) is 72.8 Å². The van der Waals surface area contributed by atoms with Crippen LogP contribution in [0.3, 0.4) is 0 Å². The molecule has 264 valence electrons. The van der Waals surface area contributed by atoms with Crippen molar-refractivity contribution in [2.24, 2.45) is 11.8 Å². The molecule has 0 aliphatic heterocycles. The minimum Gasteiger partial charge on any atom is -0.480 e. The zero-order valence-corrected chi connectivity index (χ0v) is 30.2. The van der Waals surface area contributed by atoms with Crippen molar-refractivity contribution in [3.05, 3.63) is 108 Å². The molecule has 1 aromatic heterocycles. The van der Waals surface area contributed by atoms with E-state index in [1.807, 2.05) is 74.5 Å². The average Bonchev–Trinajstić information content (AvgIpc) is 3.12. The number of benzene rings is 3. The van der Waals surface area contributed by atoms with Crippen molar-refractivity contribution in [3.63, 3.8) is 0 Å². The number of para-hydroxylation sites is 1. The number of carboxylic acid groups (broad SMARTS) is 1. The minimum atomic E-state index is -1.98. The van der Waals surface area contributed by atoms with E-state index in [9.17, 15) is 34.0 Å². The van der Waals surface area contributed by atoms with Gasteiger partial charge in [-0.15, -0.1) is 5.43 Å². The van der Waals surface area contributed by atoms with Gasteiger partial charge in [-0.3, -0.25) is 9.59 Å². The Morgan fingerprint density at radius 2 is 1.58 bits per heavy atom. The number of rotatable bonds is 17. The second-order valence-electron chi connectivity index (χ2n) is 12.4. The zero-order chi connectivity index (χ0) is 36.3. The van der Waals surface area contributed by atoms with Crippen LogP contribution >= 0.6 is 20.2 Å². The molecule has 0 aliphatic carbocycles. The summed E-state index contributed by atoms with van der Waals surface area (Å²) in [5.74, 6) is -4.23. The molecule has 1 heterocycles. The molecule has 3 unspecified atom stereocenters. The number of pyridine rings is 1. The molecular formula is C37H43N3O8PS+. The summed E-state index contributed by atoms with van der Waals surface area (Å²) < 4.78 is 19.2. The van der Waals surface area contributed by atoms with Crippen molar-refractivity contribution in [1.29, 1.82) is 0 Å². The van der Waals surface area contributed by atoms with Crippen molar-refractivity contribution in [3.8, 4) is 0 Å². The lowest BCUT2D eigenvalue weighted by Crippen LogP contribution is -2.52. The molecule has 0 saturated carbocycles. The van der Waals surface area contributed by atoms with Crippen LogP contribution in [0, 0.1) is 11.8 Å². The molecule has 4 atom stereocenters. The topological polar surface area (TPSA) is 163 Å². The largest absolute Gasteiger partial charge is 0.480 e. The fourth-order valence-corrected chi connectivity index (χ4v) is 7.61. The summed E-state index contributed by atoms with van der Waals surface area (Å²) >= 11 is 1.11. The van der Waals surface area contributed by atoms with E-state index in [4.69, 9.17) is 4.74 Å². The van der Waals surface area contributed by atoms with E-state index < -0.39 is 49.5 Å². The first-order chi connectivity index (χ1) is 23.9. The number of thioether (sulfide) groups is 1. The van der Waals surface area contributed by atoms with Gasteiger partial charge in [0.05, 0.1) is 27.1 Å². The van der Waals surface area contributed by atoms with E-state index in [0.29, 0.717) is 28.9 Å². The van der Waals surface area contributed by atoms with Crippen LogP contribution in [0.25, 0.3) is 10.9 Å². The number of aryl methyl sites for hydroxylation is 1. The third kappa shape index (κ3) is 10.0. The zero-order valence-electron chi connectivity index (χ0n) is 28.2. The van der Waals surface area contributed by atoms with Crippen LogP contribution in [-0.4, -0.2) is 58.2 Å². The summed E-state index contributed by atoms with van der Waals surface area (Å²) in [5, 5.41) is 23.7. The van der Waals surface area contributed by atoms with Crippen molar-refractivity contribution < 1.29 is 43.4 Å². The van der Waals surface area contributed by atoms with E-state index in [2.05, 4.69) is 10.7 Å². The quantitative estimate of drug-likeness (QED) is 0.0504. The number of ether oxygens (including phenoxy) is 1. The summed E-state index contributed by atoms with van der Waals surface area (Å²) in [7, 11) is -0.652. The number of nitrogens with zero attached hydrogens (tertiary/aromatic N) is 1. The normalized spacial score (nSPS) is 13.9. The highest BCUT2D eigenvalue weighted by molar-refractivity contribution is 7.99. The maximum absolute atomic E-state index is 13.8. The van der Waals surface area contributed by atoms with Gasteiger partial charge in [-0.25, -0.2) is 9.59 Å². The predicted molar refractivity (Wildman–Crippen MR) is 194 cm³/mol. The van der Waals surface area contributed by atoms with E-state index >= 15 is 0 Å². The van der Waals surface area contributed by atoms with Crippen molar-refractivity contribution in [1.82, 2.24) is 5.32 Å². The smallest absolute Gasteiger partial charge is 0.337 e. The second-order valence-corrected chi connectivity index (χ2v) is 14.7. The maximum atomic E-state index is 13.8. The first kappa shape index (κ1) is 38.3. The maximum Gasteiger partial charge on any atom is 0.337 e. The number of carbonyl (C=O) groups is 4. The summed E-state index contributed by atoms with van der Waals surface area (Å²) in [6, 6.07) is 25.4. The van der Waals surface area contributed by atoms with Crippen LogP contribution in [-0.2, 0) is 25.3 Å². The Kier molecular flexibility index (Phi) is 13.7. The number of amides is 2. The fourth-order valence-electron chi connectivity index (χ4n) is 5.59. The van der Waals surface area contributed by atoms with Gasteiger partial charge >= 0.3 is 17.8 Å². The highest BCUT2D eigenvalue weighted by atomic mass is 32.2. The van der Waals surface area contributed by atoms with Gasteiger partial charge in [0, 0.05) is 28.8 Å². The number of aromatic nitrogens is 1. The Labute approximate surface area is 296 Å². The molecule has 0 aliphatic rings. The number of aliphatic hydroxyl groups is 1. The van der Waals surface area contributed by atoms with Crippen LogP contribution in [0.1, 0.15) is 59.4 Å². The monoisotopic (exact) mass is 720 g/mol. The molecule has 2 amide bonds. The van der Waals surface area contributed by atoms with Gasteiger partial charge in [0.1, 0.15) is 11.4 Å². The van der Waals surface area contributed by atoms with Crippen LogP contribution in [0.4, 0.5) is 0 Å². The lowest BCUT2D eigenvalue weighted by molar-refractivity contribution is -0.653. The minimum absolute atomic E-state index is 0.0168. The summed E-state index contributed by atoms with van der Waals surface area (Å²) in [4.78, 5) is 51.1. The molecule has 11 nitrogen and oxygen atoms in total. The molecule has 0 bridgehead atoms. The Morgan fingerprint density at radius 3 is 2.22 bits per heavy atom. The molecule has 0 saturated heterocycles. The number of fused-ring (bicyclic) bond motifs is 1. The molecule has 0 radical (unpaired) electrons. The number of carboxylic acids is 1. The lowest BCUT2D eigenvalue weighted by atomic mass is 9.92. The molecule has 4 N–H and O–H groups in total. The Morgan fingerprint density at radius 1 is 0.920 bits per heavy atom. The number of hydrogen-bond acceptors (Lipinski definition) is 8. The molecular weight excluding hydrogens is 677 g/mol. The first-order valence-corrected chi connectivity index (χ1v) is 18.3. The molecule has 13 heteroatoms. The van der Waals surface area contributed by atoms with Crippen LogP contribution in [0.5, 0.6) is 0 Å². The van der Waals surface area contributed by atoms with Gasteiger partial charge in [0.15, 0.2) is 0 Å². The fraction of sp³-hybridized carbons (Fsp3) is 0.324. The van der Waals surface area contributed by atoms with E-state index in [-0.39, 0.29) is 30.1 Å². The van der Waals surface area contributed by atoms with Crippen molar-refractivity contribution >= 4 is 54.9 Å². The van der Waals surface area contributed by atoms with Gasteiger partial charge < -0.3 is 24.8 Å². The average molecular weight is 721 g/mol. The SMILES string of the molecule is COC(=O)c1ccc(C(=O)N[n+]2c(SCC(O)([PH2]=O)C(CCCc3ccccc3)C(=O)N[C@@H](CC(C)C)C(=O)O)ccc3ccccc32)cc1. The van der Waals surface area contributed by atoms with Crippen LogP contribution in [0.2, 0.25) is 0 Å². The van der Waals surface area contributed by atoms with Gasteiger partial charge in [-0.2, -0.15) is 0 Å². The standard InChI is InChI=1S/C37H42N3O8PS/c1-24(2)22-30(35(43)44)38-34(42)29(14-9-12-25-10-5-4-6-11-25)37(46,49-47)23-50-32-21-20-26-13-7-8-15-31(26)40(32)39-33(41)27-16-18-28(19-17-27)36(45)48-3/h4-8,10-11,13,15-21,24,29-30,46H,9,12,14,22-23,49H2,1-3H3,(H2-,38,39,41,42,43,44)/p+1/t29?,30-,37?/m0/s1. The van der Waals surface area contributed by atoms with Crippen LogP contribution < -0.4 is 15.4 Å². The number of methoxy groups -OCH3 is 1.